The number of hydrogen-bond donors (Lipinski definition) is 3. The highest BCUT2D eigenvalue weighted by Gasteiger charge is 2.07. The lowest BCUT2D eigenvalue weighted by Crippen LogP contribution is -2.57. The number of rotatable bonds is 1. The monoisotopic (exact) mass is 256 g/mol. The molecule has 4 nitrogen and oxygen atoms in total. The zero-order valence-corrected chi connectivity index (χ0v) is 13.8. The van der Waals surface area contributed by atoms with Crippen molar-refractivity contribution in [2.24, 2.45) is 0 Å². The van der Waals surface area contributed by atoms with Crippen LogP contribution in [-0.2, 0) is 0 Å². The molecular formula is C6H16N4Si4. The summed E-state index contributed by atoms with van der Waals surface area (Å²) in [5, 5.41) is 0. The Kier molecular flexibility index (Phi) is 4.12. The third-order valence-corrected chi connectivity index (χ3v) is 10.9. The molecule has 0 bridgehead atoms. The first-order valence-corrected chi connectivity index (χ1v) is 10.4. The summed E-state index contributed by atoms with van der Waals surface area (Å²) in [6.45, 7) is 0. The van der Waals surface area contributed by atoms with E-state index >= 15 is 0 Å². The van der Waals surface area contributed by atoms with Gasteiger partial charge in [-0.1, -0.05) is 18.2 Å². The molecule has 76 valence electrons. The van der Waals surface area contributed by atoms with Crippen LogP contribution in [0.1, 0.15) is 0 Å². The zero-order chi connectivity index (χ0) is 9.64. The van der Waals surface area contributed by atoms with Crippen LogP contribution in [0, 0.1) is 0 Å². The minimum Gasteiger partial charge on any atom is -0.411 e. The summed E-state index contributed by atoms with van der Waals surface area (Å²) in [6.07, 6.45) is 0. The second kappa shape index (κ2) is 5.60. The van der Waals surface area contributed by atoms with E-state index in [0.717, 1.165) is 0 Å². The summed E-state index contributed by atoms with van der Waals surface area (Å²) < 4.78 is 13.5. The van der Waals surface area contributed by atoms with Crippen molar-refractivity contribution < 1.29 is 0 Å². The number of nitrogens with one attached hydrogen (secondary N) is 3. The Bertz CT molecular complexity index is 264. The molecule has 0 saturated carbocycles. The minimum absolute atomic E-state index is 0.144. The molecule has 0 spiro atoms. The molecule has 1 aromatic carbocycles. The fraction of sp³-hybridized carbons (Fsp3) is 0. The van der Waals surface area contributed by atoms with E-state index in [1.165, 1.54) is 5.69 Å². The number of benzene rings is 1. The Morgan fingerprint density at radius 2 is 1.50 bits per heavy atom. The summed E-state index contributed by atoms with van der Waals surface area (Å²) in [7, 11) is -0.745. The van der Waals surface area contributed by atoms with Gasteiger partial charge in [-0.2, -0.15) is 0 Å². The molecule has 1 aromatic rings. The fourth-order valence-electron chi connectivity index (χ4n) is 1.50. The first kappa shape index (κ1) is 10.3. The molecule has 0 amide bonds. The van der Waals surface area contributed by atoms with Gasteiger partial charge in [-0.15, -0.1) is 0 Å². The molecule has 0 radical (unpaired) electrons. The van der Waals surface area contributed by atoms with Crippen LogP contribution in [0.2, 0.25) is 0 Å². The largest absolute Gasteiger partial charge is 0.411 e. The van der Waals surface area contributed by atoms with Crippen LogP contribution in [0.15, 0.2) is 30.3 Å². The number of anilines is 1. The molecule has 3 N–H and O–H groups in total. The van der Waals surface area contributed by atoms with Gasteiger partial charge in [-0.25, -0.2) is 0 Å². The summed E-state index contributed by atoms with van der Waals surface area (Å²) in [5.41, 5.74) is 1.41. The molecule has 1 saturated heterocycles. The van der Waals surface area contributed by atoms with Crippen LogP contribution in [0.25, 0.3) is 0 Å². The van der Waals surface area contributed by atoms with Gasteiger partial charge in [-0.05, 0) is 12.1 Å². The van der Waals surface area contributed by atoms with Crippen LogP contribution in [0.5, 0.6) is 0 Å². The van der Waals surface area contributed by atoms with E-state index in [2.05, 4.69) is 48.5 Å². The van der Waals surface area contributed by atoms with Crippen molar-refractivity contribution in [3.8, 4) is 0 Å². The summed E-state index contributed by atoms with van der Waals surface area (Å²) in [6, 6.07) is 10.8. The van der Waals surface area contributed by atoms with E-state index in [9.17, 15) is 0 Å². The van der Waals surface area contributed by atoms with Gasteiger partial charge < -0.3 is 18.2 Å². The summed E-state index contributed by atoms with van der Waals surface area (Å²) >= 11 is 0. The molecular weight excluding hydrogens is 240 g/mol. The van der Waals surface area contributed by atoms with Crippen molar-refractivity contribution in [2.75, 3.05) is 4.23 Å². The molecule has 0 unspecified atom stereocenters. The number of nitrogens with zero attached hydrogens (tertiary/aromatic N) is 1. The molecule has 1 fully saturated rings. The third-order valence-electron chi connectivity index (χ3n) is 2.23. The first-order valence-electron chi connectivity index (χ1n) is 4.89. The van der Waals surface area contributed by atoms with Crippen LogP contribution >= 0.6 is 0 Å². The van der Waals surface area contributed by atoms with Gasteiger partial charge in [0.15, 0.2) is 39.4 Å². The molecule has 8 heteroatoms. The van der Waals surface area contributed by atoms with Crippen LogP contribution in [0.3, 0.4) is 0 Å². The van der Waals surface area contributed by atoms with E-state index in [4.69, 9.17) is 0 Å². The molecule has 0 aromatic heterocycles. The van der Waals surface area contributed by atoms with Gasteiger partial charge >= 0.3 is 0 Å². The maximum absolute atomic E-state index is 3.66. The Balaban J connectivity index is 2.01. The van der Waals surface area contributed by atoms with Gasteiger partial charge in [-0.3, -0.25) is 0 Å². The molecule has 0 atom stereocenters. The smallest absolute Gasteiger partial charge is 0.185 e. The van der Waals surface area contributed by atoms with Crippen molar-refractivity contribution in [2.45, 2.75) is 0 Å². The molecule has 14 heavy (non-hydrogen) atoms. The number of hydrogen-bond acceptors (Lipinski definition) is 4. The lowest BCUT2D eigenvalue weighted by molar-refractivity contribution is 1.30. The highest BCUT2D eigenvalue weighted by Crippen LogP contribution is 2.09. The van der Waals surface area contributed by atoms with Crippen LogP contribution in [-0.4, -0.2) is 39.4 Å². The van der Waals surface area contributed by atoms with Crippen molar-refractivity contribution >= 4 is 45.1 Å². The quantitative estimate of drug-likeness (QED) is 0.452. The van der Waals surface area contributed by atoms with E-state index in [-0.39, 0.29) is 39.4 Å². The number of para-hydroxylation sites is 1. The van der Waals surface area contributed by atoms with Crippen molar-refractivity contribution in [1.82, 2.24) is 13.9 Å². The van der Waals surface area contributed by atoms with E-state index in [0.29, 0.717) is 0 Å². The van der Waals surface area contributed by atoms with Crippen molar-refractivity contribution in [3.63, 3.8) is 0 Å². The van der Waals surface area contributed by atoms with Gasteiger partial charge in [0.05, 0.1) is 0 Å². The second-order valence-electron chi connectivity index (χ2n) is 3.30. The van der Waals surface area contributed by atoms with E-state index in [1.54, 1.807) is 0 Å². The van der Waals surface area contributed by atoms with Gasteiger partial charge in [0.25, 0.3) is 0 Å². The highest BCUT2D eigenvalue weighted by atomic mass is 28.4. The molecule has 0 aliphatic carbocycles. The van der Waals surface area contributed by atoms with Crippen molar-refractivity contribution in [1.29, 1.82) is 0 Å². The molecule has 2 rings (SSSR count). The Morgan fingerprint density at radius 3 is 2.14 bits per heavy atom. The van der Waals surface area contributed by atoms with Gasteiger partial charge in [0.1, 0.15) is 0 Å². The standard InChI is InChI=1S/C6H16N4Si4/c1-2-4-6(5-3-1)10-13-8-11-7-12-9-14-10/h1-5,7-9H,11-14H2. The first-order chi connectivity index (χ1) is 6.97. The van der Waals surface area contributed by atoms with Crippen LogP contribution < -0.4 is 18.2 Å². The lowest BCUT2D eigenvalue weighted by atomic mass is 10.3. The summed E-state index contributed by atoms with van der Waals surface area (Å²) in [4.78, 5) is 0. The normalized spacial score (nSPS) is 25.6. The predicted octanol–water partition coefficient (Wildman–Crippen LogP) is -3.73. The molecule has 1 aliphatic rings. The third kappa shape index (κ3) is 2.88. The SMILES string of the molecule is c1ccc(N2[SiH2]N[SiH2]N[SiH2]N[SiH2]2)cc1. The maximum Gasteiger partial charge on any atom is 0.185 e. The predicted molar refractivity (Wildman–Crippen MR) is 72.5 cm³/mol. The Morgan fingerprint density at radius 1 is 0.857 bits per heavy atom. The van der Waals surface area contributed by atoms with Gasteiger partial charge in [0, 0.05) is 5.69 Å². The van der Waals surface area contributed by atoms with Crippen LogP contribution in [0.4, 0.5) is 5.69 Å². The van der Waals surface area contributed by atoms with E-state index in [1.807, 2.05) is 0 Å². The Labute approximate surface area is 93.8 Å². The van der Waals surface area contributed by atoms with Gasteiger partial charge in [0.2, 0.25) is 0 Å². The highest BCUT2D eigenvalue weighted by molar-refractivity contribution is 6.72. The molecule has 1 heterocycles. The maximum atomic E-state index is 3.66. The average molecular weight is 257 g/mol. The summed E-state index contributed by atoms with van der Waals surface area (Å²) in [5.74, 6) is 0. The lowest BCUT2D eigenvalue weighted by Gasteiger charge is -2.27. The topological polar surface area (TPSA) is 39.3 Å². The molecule has 1 aliphatic heterocycles. The Hall–Kier alpha value is -0.232. The zero-order valence-electron chi connectivity index (χ0n) is 8.16. The minimum atomic E-state index is -0.229. The average Bonchev–Trinajstić information content (AvgIpc) is 2.18. The fourth-order valence-corrected chi connectivity index (χ4v) is 13.7. The van der Waals surface area contributed by atoms with E-state index < -0.39 is 0 Å². The van der Waals surface area contributed by atoms with Crippen molar-refractivity contribution in [3.05, 3.63) is 30.3 Å². The second-order valence-corrected chi connectivity index (χ2v) is 13.1.